The SMILES string of the molecule is COc1ccc(C(=O)C(C)C(C)C)cc1OC. The molecule has 0 aliphatic rings. The number of carbonyl (C=O) groups is 1. The molecular formula is C14H20O3. The molecule has 3 nitrogen and oxygen atoms in total. The van der Waals surface area contributed by atoms with Crippen molar-refractivity contribution in [2.75, 3.05) is 14.2 Å². The number of ether oxygens (including phenoxy) is 2. The van der Waals surface area contributed by atoms with Gasteiger partial charge in [-0.2, -0.15) is 0 Å². The van der Waals surface area contributed by atoms with Crippen LogP contribution in [-0.2, 0) is 0 Å². The summed E-state index contributed by atoms with van der Waals surface area (Å²) >= 11 is 0. The lowest BCUT2D eigenvalue weighted by atomic mass is 9.89. The highest BCUT2D eigenvalue weighted by atomic mass is 16.5. The minimum Gasteiger partial charge on any atom is -0.493 e. The predicted molar refractivity (Wildman–Crippen MR) is 67.9 cm³/mol. The highest BCUT2D eigenvalue weighted by Gasteiger charge is 2.19. The average Bonchev–Trinajstić information content (AvgIpc) is 2.35. The Labute approximate surface area is 103 Å². The Bertz CT molecular complexity index is 396. The average molecular weight is 236 g/mol. The van der Waals surface area contributed by atoms with Gasteiger partial charge < -0.3 is 9.47 Å². The fourth-order valence-corrected chi connectivity index (χ4v) is 1.56. The number of methoxy groups -OCH3 is 2. The largest absolute Gasteiger partial charge is 0.493 e. The molecule has 0 amide bonds. The first-order valence-corrected chi connectivity index (χ1v) is 5.77. The van der Waals surface area contributed by atoms with Gasteiger partial charge in [0.15, 0.2) is 17.3 Å². The van der Waals surface area contributed by atoms with E-state index in [4.69, 9.17) is 9.47 Å². The number of carbonyl (C=O) groups excluding carboxylic acids is 1. The third kappa shape index (κ3) is 2.99. The summed E-state index contributed by atoms with van der Waals surface area (Å²) in [6.07, 6.45) is 0. The van der Waals surface area contributed by atoms with Crippen LogP contribution in [0.3, 0.4) is 0 Å². The van der Waals surface area contributed by atoms with Crippen molar-refractivity contribution in [3.63, 3.8) is 0 Å². The first-order chi connectivity index (χ1) is 8.01. The summed E-state index contributed by atoms with van der Waals surface area (Å²) in [5.41, 5.74) is 0.670. The molecule has 0 N–H and O–H groups in total. The molecule has 17 heavy (non-hydrogen) atoms. The van der Waals surface area contributed by atoms with Crippen molar-refractivity contribution in [2.24, 2.45) is 11.8 Å². The summed E-state index contributed by atoms with van der Waals surface area (Å²) in [7, 11) is 3.15. The zero-order valence-electron chi connectivity index (χ0n) is 11.1. The van der Waals surface area contributed by atoms with E-state index in [1.165, 1.54) is 0 Å². The normalized spacial score (nSPS) is 12.4. The second kappa shape index (κ2) is 5.71. The van der Waals surface area contributed by atoms with Gasteiger partial charge in [0, 0.05) is 11.5 Å². The van der Waals surface area contributed by atoms with Crippen LogP contribution >= 0.6 is 0 Å². The topological polar surface area (TPSA) is 35.5 Å². The number of hydrogen-bond acceptors (Lipinski definition) is 3. The van der Waals surface area contributed by atoms with Gasteiger partial charge in [-0.15, -0.1) is 0 Å². The molecule has 0 saturated heterocycles. The van der Waals surface area contributed by atoms with Crippen LogP contribution in [0.4, 0.5) is 0 Å². The predicted octanol–water partition coefficient (Wildman–Crippen LogP) is 3.18. The molecule has 3 heteroatoms. The fourth-order valence-electron chi connectivity index (χ4n) is 1.56. The van der Waals surface area contributed by atoms with Crippen molar-refractivity contribution in [3.05, 3.63) is 23.8 Å². The monoisotopic (exact) mass is 236 g/mol. The van der Waals surface area contributed by atoms with Gasteiger partial charge in [-0.1, -0.05) is 20.8 Å². The Kier molecular flexibility index (Phi) is 4.55. The molecule has 1 rings (SSSR count). The van der Waals surface area contributed by atoms with Gasteiger partial charge in [0.2, 0.25) is 0 Å². The van der Waals surface area contributed by atoms with Gasteiger partial charge in [-0.3, -0.25) is 4.79 Å². The first-order valence-electron chi connectivity index (χ1n) is 5.77. The Morgan fingerprint density at radius 1 is 1.06 bits per heavy atom. The van der Waals surface area contributed by atoms with Crippen molar-refractivity contribution in [2.45, 2.75) is 20.8 Å². The van der Waals surface area contributed by atoms with E-state index in [0.717, 1.165) is 0 Å². The molecule has 0 saturated carbocycles. The van der Waals surface area contributed by atoms with E-state index < -0.39 is 0 Å². The third-order valence-electron chi connectivity index (χ3n) is 3.08. The lowest BCUT2D eigenvalue weighted by molar-refractivity contribution is 0.0899. The van der Waals surface area contributed by atoms with Crippen molar-refractivity contribution >= 4 is 5.78 Å². The quantitative estimate of drug-likeness (QED) is 0.736. The van der Waals surface area contributed by atoms with E-state index in [1.54, 1.807) is 32.4 Å². The van der Waals surface area contributed by atoms with E-state index >= 15 is 0 Å². The molecule has 94 valence electrons. The number of ketones is 1. The maximum absolute atomic E-state index is 12.2. The van der Waals surface area contributed by atoms with Crippen LogP contribution in [0.5, 0.6) is 11.5 Å². The first kappa shape index (κ1) is 13.6. The van der Waals surface area contributed by atoms with E-state index in [2.05, 4.69) is 0 Å². The standard InChI is InChI=1S/C14H20O3/c1-9(2)10(3)14(15)11-6-7-12(16-4)13(8-11)17-5/h6-10H,1-5H3. The van der Waals surface area contributed by atoms with E-state index in [-0.39, 0.29) is 11.7 Å². The molecule has 0 spiro atoms. The van der Waals surface area contributed by atoms with Crippen molar-refractivity contribution < 1.29 is 14.3 Å². The Hall–Kier alpha value is -1.51. The summed E-state index contributed by atoms with van der Waals surface area (Å²) < 4.78 is 10.3. The van der Waals surface area contributed by atoms with Crippen LogP contribution in [-0.4, -0.2) is 20.0 Å². The van der Waals surface area contributed by atoms with Crippen LogP contribution in [0.2, 0.25) is 0 Å². The molecule has 1 unspecified atom stereocenters. The van der Waals surface area contributed by atoms with E-state index in [0.29, 0.717) is 23.0 Å². The highest BCUT2D eigenvalue weighted by Crippen LogP contribution is 2.29. The number of rotatable bonds is 5. The van der Waals surface area contributed by atoms with Gasteiger partial charge in [0.25, 0.3) is 0 Å². The molecule has 1 aromatic rings. The summed E-state index contributed by atoms with van der Waals surface area (Å²) in [5, 5.41) is 0. The second-order valence-corrected chi connectivity index (χ2v) is 4.47. The Morgan fingerprint density at radius 3 is 2.12 bits per heavy atom. The number of benzene rings is 1. The van der Waals surface area contributed by atoms with Gasteiger partial charge in [0.05, 0.1) is 14.2 Å². The Balaban J connectivity index is 3.03. The lowest BCUT2D eigenvalue weighted by Gasteiger charge is -2.15. The minimum absolute atomic E-state index is 0.00750. The van der Waals surface area contributed by atoms with Crippen molar-refractivity contribution in [1.29, 1.82) is 0 Å². The maximum Gasteiger partial charge on any atom is 0.166 e. The molecule has 0 aromatic heterocycles. The van der Waals surface area contributed by atoms with E-state index in [9.17, 15) is 4.79 Å². The summed E-state index contributed by atoms with van der Waals surface area (Å²) in [5.74, 6) is 1.71. The molecule has 0 bridgehead atoms. The smallest absolute Gasteiger partial charge is 0.166 e. The second-order valence-electron chi connectivity index (χ2n) is 4.47. The van der Waals surface area contributed by atoms with Gasteiger partial charge >= 0.3 is 0 Å². The van der Waals surface area contributed by atoms with Gasteiger partial charge in [-0.25, -0.2) is 0 Å². The third-order valence-corrected chi connectivity index (χ3v) is 3.08. The van der Waals surface area contributed by atoms with Crippen LogP contribution in [0.15, 0.2) is 18.2 Å². The molecule has 0 heterocycles. The summed E-state index contributed by atoms with van der Waals surface area (Å²) in [6.45, 7) is 6.04. The molecule has 1 atom stereocenters. The maximum atomic E-state index is 12.2. The van der Waals surface area contributed by atoms with Gasteiger partial charge in [-0.05, 0) is 24.1 Å². The van der Waals surface area contributed by atoms with Crippen LogP contribution in [0, 0.1) is 11.8 Å². The molecule has 0 aliphatic carbocycles. The zero-order chi connectivity index (χ0) is 13.0. The Morgan fingerprint density at radius 2 is 1.65 bits per heavy atom. The van der Waals surface area contributed by atoms with Crippen LogP contribution < -0.4 is 9.47 Å². The zero-order valence-corrected chi connectivity index (χ0v) is 11.1. The van der Waals surface area contributed by atoms with E-state index in [1.807, 2.05) is 20.8 Å². The molecule has 0 fully saturated rings. The van der Waals surface area contributed by atoms with Crippen LogP contribution in [0.1, 0.15) is 31.1 Å². The highest BCUT2D eigenvalue weighted by molar-refractivity contribution is 5.98. The molecular weight excluding hydrogens is 216 g/mol. The van der Waals surface area contributed by atoms with Gasteiger partial charge in [0.1, 0.15) is 0 Å². The molecule has 0 aliphatic heterocycles. The summed E-state index contributed by atoms with van der Waals surface area (Å²) in [4.78, 5) is 12.2. The molecule has 1 aromatic carbocycles. The fraction of sp³-hybridized carbons (Fsp3) is 0.500. The van der Waals surface area contributed by atoms with Crippen LogP contribution in [0.25, 0.3) is 0 Å². The van der Waals surface area contributed by atoms with Crippen molar-refractivity contribution in [3.8, 4) is 11.5 Å². The lowest BCUT2D eigenvalue weighted by Crippen LogP contribution is -2.17. The number of hydrogen-bond donors (Lipinski definition) is 0. The number of Topliss-reactive ketones (excluding diaryl/α,β-unsaturated/α-hetero) is 1. The van der Waals surface area contributed by atoms with Crippen molar-refractivity contribution in [1.82, 2.24) is 0 Å². The molecule has 0 radical (unpaired) electrons. The minimum atomic E-state index is 0.00750. The summed E-state index contributed by atoms with van der Waals surface area (Å²) in [6, 6.07) is 5.28.